The van der Waals surface area contributed by atoms with Gasteiger partial charge in [0.05, 0.1) is 36.4 Å². The van der Waals surface area contributed by atoms with E-state index in [2.05, 4.69) is 10.3 Å². The van der Waals surface area contributed by atoms with Gasteiger partial charge in [-0.2, -0.15) is 5.43 Å². The van der Waals surface area contributed by atoms with Crippen LogP contribution in [0.15, 0.2) is 24.3 Å². The molecule has 0 unspecified atom stereocenters. The normalized spacial score (nSPS) is 10.4. The molecule has 10 nitrogen and oxygen atoms in total. The predicted octanol–water partition coefficient (Wildman–Crippen LogP) is 1.32. The second kappa shape index (κ2) is 10.2. The molecule has 0 aromatic heterocycles. The van der Waals surface area contributed by atoms with Crippen molar-refractivity contribution in [2.45, 2.75) is 20.3 Å². The van der Waals surface area contributed by atoms with Gasteiger partial charge in [0.15, 0.2) is 0 Å². The van der Waals surface area contributed by atoms with Crippen molar-refractivity contribution in [3.05, 3.63) is 41.0 Å². The minimum absolute atomic E-state index is 0.0218. The SMILES string of the molecule is CCOC(=O)c1c2ccc(CC(=O)N(NC)OC=O)ccc-2c(C(=O)OCC)c1N. The van der Waals surface area contributed by atoms with Crippen LogP contribution in [0, 0.1) is 0 Å². The summed E-state index contributed by atoms with van der Waals surface area (Å²) in [6, 6.07) is 6.36. The number of carbonyl (C=O) groups is 4. The maximum absolute atomic E-state index is 12.5. The molecule has 2 aliphatic rings. The van der Waals surface area contributed by atoms with Crippen molar-refractivity contribution in [3.8, 4) is 11.1 Å². The lowest BCUT2D eigenvalue weighted by molar-refractivity contribution is -0.198. The maximum atomic E-state index is 12.5. The molecular formula is C20H23N3O7. The Morgan fingerprint density at radius 3 is 1.90 bits per heavy atom. The molecule has 0 radical (unpaired) electrons. The van der Waals surface area contributed by atoms with Gasteiger partial charge in [0.2, 0.25) is 0 Å². The van der Waals surface area contributed by atoms with E-state index in [4.69, 9.17) is 15.2 Å². The van der Waals surface area contributed by atoms with Crippen LogP contribution >= 0.6 is 0 Å². The van der Waals surface area contributed by atoms with E-state index >= 15 is 0 Å². The Morgan fingerprint density at radius 1 is 1.00 bits per heavy atom. The Bertz CT molecular complexity index is 873. The van der Waals surface area contributed by atoms with Crippen LogP contribution in [0.25, 0.3) is 11.1 Å². The second-order valence-corrected chi connectivity index (χ2v) is 5.96. The Balaban J connectivity index is 2.55. The van der Waals surface area contributed by atoms with Gasteiger partial charge in [0, 0.05) is 7.05 Å². The fourth-order valence-corrected chi connectivity index (χ4v) is 2.96. The standard InChI is InChI=1S/C20H23N3O7/c1-4-28-19(26)16-13-8-6-12(10-15(25)23(22-3)30-11-24)7-9-14(13)17(18(16)21)20(27)29-5-2/h6-9,11,22H,4-5,10,21H2,1-3H3. The molecule has 0 bridgehead atoms. The van der Waals surface area contributed by atoms with Crippen molar-refractivity contribution in [3.63, 3.8) is 0 Å². The molecule has 1 amide bonds. The molecule has 160 valence electrons. The number of rotatable bonds is 9. The molecule has 0 atom stereocenters. The average Bonchev–Trinajstić information content (AvgIpc) is 2.84. The number of hydrogen-bond acceptors (Lipinski definition) is 9. The third kappa shape index (κ3) is 4.66. The third-order valence-electron chi connectivity index (χ3n) is 4.19. The first-order valence-corrected chi connectivity index (χ1v) is 9.18. The van der Waals surface area contributed by atoms with Gasteiger partial charge in [-0.25, -0.2) is 9.59 Å². The molecular weight excluding hydrogens is 394 g/mol. The number of hydroxylamine groups is 1. The highest BCUT2D eigenvalue weighted by molar-refractivity contribution is 6.15. The zero-order chi connectivity index (χ0) is 22.3. The quantitative estimate of drug-likeness (QED) is 0.351. The first-order valence-electron chi connectivity index (χ1n) is 9.18. The van der Waals surface area contributed by atoms with Crippen molar-refractivity contribution >= 4 is 30.0 Å². The molecule has 2 aliphatic carbocycles. The topological polar surface area (TPSA) is 137 Å². The number of carbonyl (C=O) groups excluding carboxylic acids is 4. The Morgan fingerprint density at radius 2 is 1.50 bits per heavy atom. The zero-order valence-electron chi connectivity index (χ0n) is 16.9. The number of hydrazine groups is 1. The predicted molar refractivity (Wildman–Crippen MR) is 106 cm³/mol. The number of nitrogen functional groups attached to an aromatic ring is 1. The molecule has 10 heteroatoms. The van der Waals surface area contributed by atoms with Gasteiger partial charge in [-0.1, -0.05) is 29.4 Å². The monoisotopic (exact) mass is 417 g/mol. The fraction of sp³-hybridized carbons (Fsp3) is 0.300. The van der Waals surface area contributed by atoms with Gasteiger partial charge in [0.1, 0.15) is 0 Å². The van der Waals surface area contributed by atoms with Crippen molar-refractivity contribution in [1.29, 1.82) is 0 Å². The number of ether oxygens (including phenoxy) is 2. The van der Waals surface area contributed by atoms with Crippen LogP contribution in [-0.2, 0) is 30.3 Å². The van der Waals surface area contributed by atoms with Gasteiger partial charge < -0.3 is 20.0 Å². The Hall–Kier alpha value is -3.66. The van der Waals surface area contributed by atoms with E-state index < -0.39 is 17.8 Å². The highest BCUT2D eigenvalue weighted by atomic mass is 16.7. The van der Waals surface area contributed by atoms with Gasteiger partial charge in [-0.15, -0.1) is 0 Å². The fourth-order valence-electron chi connectivity index (χ4n) is 2.96. The summed E-state index contributed by atoms with van der Waals surface area (Å²) < 4.78 is 10.2. The van der Waals surface area contributed by atoms with E-state index in [-0.39, 0.29) is 42.9 Å². The summed E-state index contributed by atoms with van der Waals surface area (Å²) in [4.78, 5) is 52.2. The summed E-state index contributed by atoms with van der Waals surface area (Å²) in [6.45, 7) is 3.70. The molecule has 0 spiro atoms. The number of anilines is 1. The first kappa shape index (κ1) is 22.6. The second-order valence-electron chi connectivity index (χ2n) is 5.96. The first-order chi connectivity index (χ1) is 14.4. The lowest BCUT2D eigenvalue weighted by Gasteiger charge is -2.16. The number of nitrogens with two attached hydrogens (primary N) is 1. The third-order valence-corrected chi connectivity index (χ3v) is 4.19. The number of nitrogens with zero attached hydrogens (tertiary/aromatic N) is 1. The van der Waals surface area contributed by atoms with Crippen LogP contribution < -0.4 is 11.2 Å². The minimum atomic E-state index is -0.667. The molecule has 0 heterocycles. The molecule has 2 rings (SSSR count). The summed E-state index contributed by atoms with van der Waals surface area (Å²) in [7, 11) is 1.42. The van der Waals surface area contributed by atoms with Crippen LogP contribution in [-0.4, -0.2) is 49.8 Å². The van der Waals surface area contributed by atoms with Crippen molar-refractivity contribution in [2.24, 2.45) is 0 Å². The highest BCUT2D eigenvalue weighted by Crippen LogP contribution is 2.39. The van der Waals surface area contributed by atoms with Crippen molar-refractivity contribution < 1.29 is 33.5 Å². The summed E-state index contributed by atoms with van der Waals surface area (Å²) in [6.07, 6.45) is -0.120. The smallest absolute Gasteiger partial charge is 0.340 e. The summed E-state index contributed by atoms with van der Waals surface area (Å²) >= 11 is 0. The van der Waals surface area contributed by atoms with Gasteiger partial charge in [-0.05, 0) is 30.5 Å². The average molecular weight is 417 g/mol. The highest BCUT2D eigenvalue weighted by Gasteiger charge is 2.30. The van der Waals surface area contributed by atoms with Crippen LogP contribution in [0.1, 0.15) is 40.1 Å². The Kier molecular flexibility index (Phi) is 7.70. The van der Waals surface area contributed by atoms with E-state index in [9.17, 15) is 19.2 Å². The zero-order valence-corrected chi connectivity index (χ0v) is 16.9. The summed E-state index contributed by atoms with van der Waals surface area (Å²) in [5, 5.41) is 0.686. The maximum Gasteiger partial charge on any atom is 0.340 e. The van der Waals surface area contributed by atoms with Crippen LogP contribution in [0.4, 0.5) is 5.69 Å². The van der Waals surface area contributed by atoms with E-state index in [1.165, 1.54) is 7.05 Å². The molecule has 30 heavy (non-hydrogen) atoms. The number of nitrogens with one attached hydrogen (secondary N) is 1. The van der Waals surface area contributed by atoms with Crippen LogP contribution in [0.3, 0.4) is 0 Å². The van der Waals surface area contributed by atoms with Gasteiger partial charge >= 0.3 is 18.4 Å². The summed E-state index contributed by atoms with van der Waals surface area (Å²) in [5.41, 5.74) is 9.96. The Labute approximate surface area is 173 Å². The number of hydrogen-bond donors (Lipinski definition) is 2. The lowest BCUT2D eigenvalue weighted by atomic mass is 10.1. The molecule has 0 aromatic carbocycles. The van der Waals surface area contributed by atoms with E-state index in [0.717, 1.165) is 0 Å². The number of esters is 2. The number of fused-ring (bicyclic) bond motifs is 1. The molecule has 0 saturated heterocycles. The van der Waals surface area contributed by atoms with Crippen LogP contribution in [0.2, 0.25) is 0 Å². The summed E-state index contributed by atoms with van der Waals surface area (Å²) in [5.74, 6) is -1.87. The van der Waals surface area contributed by atoms with Gasteiger partial charge in [-0.3, -0.25) is 9.59 Å². The molecule has 0 aliphatic heterocycles. The van der Waals surface area contributed by atoms with E-state index in [1.54, 1.807) is 38.1 Å². The van der Waals surface area contributed by atoms with Gasteiger partial charge in [0.25, 0.3) is 5.91 Å². The minimum Gasteiger partial charge on any atom is -0.462 e. The van der Waals surface area contributed by atoms with E-state index in [0.29, 0.717) is 21.9 Å². The number of amides is 1. The van der Waals surface area contributed by atoms with Crippen LogP contribution in [0.5, 0.6) is 0 Å². The molecule has 0 aromatic rings. The molecule has 0 fully saturated rings. The van der Waals surface area contributed by atoms with Crippen molar-refractivity contribution in [1.82, 2.24) is 10.6 Å². The lowest BCUT2D eigenvalue weighted by Crippen LogP contribution is -2.41. The molecule has 3 N–H and O–H groups in total. The largest absolute Gasteiger partial charge is 0.462 e. The van der Waals surface area contributed by atoms with E-state index in [1.807, 2.05) is 0 Å². The molecule has 0 saturated carbocycles. The van der Waals surface area contributed by atoms with Crippen molar-refractivity contribution in [2.75, 3.05) is 26.0 Å².